The molecule has 0 N–H and O–H groups in total. The fraction of sp³-hybridized carbons (Fsp3) is 0. The fourth-order valence-corrected chi connectivity index (χ4v) is 4.28. The lowest BCUT2D eigenvalue weighted by molar-refractivity contribution is -0.255. The van der Waals surface area contributed by atoms with Crippen LogP contribution in [0, 0.1) is 0 Å². The zero-order valence-electron chi connectivity index (χ0n) is 14.6. The van der Waals surface area contributed by atoms with Gasteiger partial charge in [-0.1, -0.05) is 59.8 Å². The van der Waals surface area contributed by atoms with E-state index in [9.17, 15) is 14.7 Å². The number of rotatable bonds is 4. The number of hydrogen-bond acceptors (Lipinski definition) is 6. The molecule has 2 heterocycles. The summed E-state index contributed by atoms with van der Waals surface area (Å²) >= 11 is 12.5. The highest BCUT2D eigenvalue weighted by molar-refractivity contribution is 8.27. The van der Waals surface area contributed by atoms with Crippen molar-refractivity contribution in [1.29, 1.82) is 0 Å². The molecule has 1 aromatic heterocycles. The largest absolute Gasteiger partial charge is 0.545 e. The van der Waals surface area contributed by atoms with Crippen LogP contribution >= 0.6 is 35.6 Å². The molecular formula is C21H11ClNO4S2-. The van der Waals surface area contributed by atoms with Crippen molar-refractivity contribution in [3.05, 3.63) is 81.9 Å². The van der Waals surface area contributed by atoms with Crippen LogP contribution in [0.1, 0.15) is 16.1 Å². The fourth-order valence-electron chi connectivity index (χ4n) is 2.82. The molecule has 2 aromatic carbocycles. The molecule has 29 heavy (non-hydrogen) atoms. The number of halogens is 1. The van der Waals surface area contributed by atoms with Crippen LogP contribution < -0.4 is 10.0 Å². The van der Waals surface area contributed by atoms with Crippen LogP contribution in [0.4, 0.5) is 5.69 Å². The van der Waals surface area contributed by atoms with Gasteiger partial charge in [0, 0.05) is 16.7 Å². The molecule has 1 fully saturated rings. The Morgan fingerprint density at radius 2 is 1.93 bits per heavy atom. The highest BCUT2D eigenvalue weighted by atomic mass is 35.5. The third kappa shape index (κ3) is 3.98. The van der Waals surface area contributed by atoms with Crippen LogP contribution in [0.5, 0.6) is 0 Å². The Kier molecular flexibility index (Phi) is 5.27. The molecule has 0 aliphatic carbocycles. The quantitative estimate of drug-likeness (QED) is 0.443. The number of hydrogen-bond donors (Lipinski definition) is 0. The first-order chi connectivity index (χ1) is 13.9. The number of furan rings is 1. The minimum absolute atomic E-state index is 0.0582. The molecule has 5 nitrogen and oxygen atoms in total. The summed E-state index contributed by atoms with van der Waals surface area (Å²) in [7, 11) is 0. The molecule has 0 unspecified atom stereocenters. The summed E-state index contributed by atoms with van der Waals surface area (Å²) in [5, 5.41) is 11.5. The van der Waals surface area contributed by atoms with Gasteiger partial charge < -0.3 is 14.3 Å². The van der Waals surface area contributed by atoms with Gasteiger partial charge >= 0.3 is 0 Å². The van der Waals surface area contributed by atoms with Gasteiger partial charge in [-0.15, -0.1) is 0 Å². The number of benzene rings is 2. The van der Waals surface area contributed by atoms with E-state index < -0.39 is 5.97 Å². The predicted octanol–water partition coefficient (Wildman–Crippen LogP) is 4.37. The lowest BCUT2D eigenvalue weighted by atomic mass is 10.1. The van der Waals surface area contributed by atoms with Gasteiger partial charge in [0.2, 0.25) is 0 Å². The van der Waals surface area contributed by atoms with Crippen molar-refractivity contribution >= 4 is 63.5 Å². The van der Waals surface area contributed by atoms with Crippen molar-refractivity contribution in [2.75, 3.05) is 4.90 Å². The molecule has 0 spiro atoms. The standard InChI is InChI=1S/C21H12ClNO4S2/c22-14-5-2-6-15(10-14)23-19(24)18(29-21(23)28)11-16-7-8-17(27-16)12-3-1-4-13(9-12)20(25)26/h1-11H,(H,25,26)/p-1/b18-11-. The number of thioether (sulfide) groups is 1. The Morgan fingerprint density at radius 1 is 1.14 bits per heavy atom. The minimum atomic E-state index is -1.26. The first kappa shape index (κ1) is 19.4. The molecule has 1 amide bonds. The summed E-state index contributed by atoms with van der Waals surface area (Å²) in [6.45, 7) is 0. The Labute approximate surface area is 180 Å². The van der Waals surface area contributed by atoms with Gasteiger partial charge in [0.25, 0.3) is 5.91 Å². The van der Waals surface area contributed by atoms with Crippen LogP contribution in [0.2, 0.25) is 5.02 Å². The van der Waals surface area contributed by atoms with Gasteiger partial charge in [0.15, 0.2) is 4.32 Å². The number of thiocarbonyl (C=S) groups is 1. The average Bonchev–Trinajstić information content (AvgIpc) is 3.26. The molecule has 1 saturated heterocycles. The van der Waals surface area contributed by atoms with Gasteiger partial charge in [-0.25, -0.2) is 0 Å². The highest BCUT2D eigenvalue weighted by Gasteiger charge is 2.33. The zero-order chi connectivity index (χ0) is 20.5. The molecular weight excluding hydrogens is 430 g/mol. The molecule has 8 heteroatoms. The number of carboxylic acids is 1. The highest BCUT2D eigenvalue weighted by Crippen LogP contribution is 2.37. The third-order valence-electron chi connectivity index (χ3n) is 4.14. The molecule has 144 valence electrons. The van der Waals surface area contributed by atoms with E-state index in [2.05, 4.69) is 0 Å². The van der Waals surface area contributed by atoms with E-state index in [4.69, 9.17) is 28.2 Å². The van der Waals surface area contributed by atoms with Crippen molar-refractivity contribution in [3.63, 3.8) is 0 Å². The zero-order valence-corrected chi connectivity index (χ0v) is 17.0. The maximum atomic E-state index is 12.8. The second-order valence-electron chi connectivity index (χ2n) is 6.07. The van der Waals surface area contributed by atoms with Gasteiger partial charge in [-0.05, 0) is 42.0 Å². The van der Waals surface area contributed by atoms with Crippen LogP contribution in [-0.4, -0.2) is 16.2 Å². The normalized spacial score (nSPS) is 15.3. The van der Waals surface area contributed by atoms with Gasteiger partial charge in [-0.2, -0.15) is 0 Å². The maximum absolute atomic E-state index is 12.8. The number of amides is 1. The van der Waals surface area contributed by atoms with Crippen LogP contribution in [0.3, 0.4) is 0 Å². The number of carbonyl (C=O) groups is 2. The van der Waals surface area contributed by atoms with E-state index >= 15 is 0 Å². The van der Waals surface area contributed by atoms with Crippen molar-refractivity contribution in [2.24, 2.45) is 0 Å². The predicted molar refractivity (Wildman–Crippen MR) is 116 cm³/mol. The van der Waals surface area contributed by atoms with Crippen LogP contribution in [0.15, 0.2) is 70.0 Å². The topological polar surface area (TPSA) is 73.6 Å². The van der Waals surface area contributed by atoms with E-state index in [-0.39, 0.29) is 11.5 Å². The second kappa shape index (κ2) is 7.87. The number of aromatic carboxylic acids is 1. The molecule has 0 saturated carbocycles. The lowest BCUT2D eigenvalue weighted by Crippen LogP contribution is -2.27. The number of anilines is 1. The van der Waals surface area contributed by atoms with Crippen LogP contribution in [-0.2, 0) is 4.79 Å². The molecule has 0 atom stereocenters. The number of carbonyl (C=O) groups excluding carboxylic acids is 2. The smallest absolute Gasteiger partial charge is 0.270 e. The minimum Gasteiger partial charge on any atom is -0.545 e. The summed E-state index contributed by atoms with van der Waals surface area (Å²) in [6.07, 6.45) is 1.61. The van der Waals surface area contributed by atoms with Gasteiger partial charge in [0.05, 0.1) is 16.6 Å². The van der Waals surface area contributed by atoms with Gasteiger partial charge in [-0.3, -0.25) is 9.69 Å². The van der Waals surface area contributed by atoms with Crippen molar-refractivity contribution in [1.82, 2.24) is 0 Å². The average molecular weight is 441 g/mol. The number of carboxylic acid groups (broad SMARTS) is 1. The summed E-state index contributed by atoms with van der Waals surface area (Å²) in [4.78, 5) is 25.7. The Hall–Kier alpha value is -2.87. The second-order valence-corrected chi connectivity index (χ2v) is 8.18. The number of nitrogens with zero attached hydrogens (tertiary/aromatic N) is 1. The summed E-state index contributed by atoms with van der Waals surface area (Å²) in [5.41, 5.74) is 1.25. The maximum Gasteiger partial charge on any atom is 0.270 e. The monoisotopic (exact) mass is 440 g/mol. The van der Waals surface area contributed by atoms with Crippen molar-refractivity contribution in [2.45, 2.75) is 0 Å². The van der Waals surface area contributed by atoms with Crippen LogP contribution in [0.25, 0.3) is 17.4 Å². The molecule has 1 aliphatic rings. The summed E-state index contributed by atoms with van der Waals surface area (Å²) < 4.78 is 6.17. The summed E-state index contributed by atoms with van der Waals surface area (Å²) in [5.74, 6) is -0.599. The molecule has 0 radical (unpaired) electrons. The summed E-state index contributed by atoms with van der Waals surface area (Å²) in [6, 6.07) is 16.6. The van der Waals surface area contributed by atoms with Gasteiger partial charge in [0.1, 0.15) is 11.5 Å². The Balaban J connectivity index is 1.61. The van der Waals surface area contributed by atoms with Crippen molar-refractivity contribution in [3.8, 4) is 11.3 Å². The SMILES string of the molecule is O=C([O-])c1cccc(-c2ccc(/C=C3\SC(=S)N(c4cccc(Cl)c4)C3=O)o2)c1. The Morgan fingerprint density at radius 3 is 2.69 bits per heavy atom. The van der Waals surface area contributed by atoms with E-state index in [0.717, 1.165) is 0 Å². The molecule has 0 bridgehead atoms. The first-order valence-corrected chi connectivity index (χ1v) is 9.98. The van der Waals surface area contributed by atoms with E-state index in [1.807, 2.05) is 0 Å². The first-order valence-electron chi connectivity index (χ1n) is 8.37. The lowest BCUT2D eigenvalue weighted by Gasteiger charge is -2.14. The molecule has 3 aromatic rings. The molecule has 1 aliphatic heterocycles. The van der Waals surface area contributed by atoms with E-state index in [1.54, 1.807) is 54.6 Å². The molecule has 4 rings (SSSR count). The third-order valence-corrected chi connectivity index (χ3v) is 5.68. The Bertz CT molecular complexity index is 1180. The van der Waals surface area contributed by atoms with E-state index in [0.29, 0.717) is 37.0 Å². The van der Waals surface area contributed by atoms with Crippen molar-refractivity contribution < 1.29 is 19.1 Å². The van der Waals surface area contributed by atoms with E-state index in [1.165, 1.54) is 28.8 Å².